The van der Waals surface area contributed by atoms with Gasteiger partial charge in [-0.05, 0) is 65.9 Å². The minimum atomic E-state index is -0.411. The normalized spacial score (nSPS) is 14.2. The highest BCUT2D eigenvalue weighted by Gasteiger charge is 2.25. The van der Waals surface area contributed by atoms with Crippen LogP contribution < -0.4 is 10.5 Å². The van der Waals surface area contributed by atoms with Crippen molar-refractivity contribution in [3.05, 3.63) is 77.7 Å². The number of benzene rings is 3. The first-order chi connectivity index (χ1) is 17.0. The SMILES string of the molecule is COc1ccc(-c2cc3[nH]cc(C(=O)N4CCC(N)CC4)c3cc2-c2ccc(C#N)cc2)c(F)c1. The Bertz CT molecular complexity index is 1440. The number of nitrogens with one attached hydrogen (secondary N) is 1. The molecule has 1 aliphatic rings. The second-order valence-corrected chi connectivity index (χ2v) is 8.81. The van der Waals surface area contributed by atoms with Gasteiger partial charge in [0, 0.05) is 47.9 Å². The first kappa shape index (κ1) is 22.6. The molecule has 0 spiro atoms. The Morgan fingerprint density at radius 2 is 1.83 bits per heavy atom. The molecule has 6 nitrogen and oxygen atoms in total. The number of halogens is 1. The molecule has 0 aliphatic carbocycles. The third-order valence-corrected chi connectivity index (χ3v) is 6.67. The topological polar surface area (TPSA) is 95.1 Å². The van der Waals surface area contributed by atoms with Crippen molar-refractivity contribution in [2.45, 2.75) is 18.9 Å². The van der Waals surface area contributed by atoms with Crippen LogP contribution in [0.15, 0.2) is 60.8 Å². The molecule has 7 heteroatoms. The second-order valence-electron chi connectivity index (χ2n) is 8.81. The molecule has 0 atom stereocenters. The Hall–Kier alpha value is -4.15. The predicted molar refractivity (Wildman–Crippen MR) is 134 cm³/mol. The average Bonchev–Trinajstić information content (AvgIpc) is 3.31. The van der Waals surface area contributed by atoms with Crippen LogP contribution in [0.4, 0.5) is 4.39 Å². The van der Waals surface area contributed by atoms with E-state index in [1.165, 1.54) is 13.2 Å². The van der Waals surface area contributed by atoms with Crippen molar-refractivity contribution in [2.24, 2.45) is 5.73 Å². The molecule has 1 aliphatic heterocycles. The largest absolute Gasteiger partial charge is 0.497 e. The van der Waals surface area contributed by atoms with Gasteiger partial charge in [0.15, 0.2) is 0 Å². The summed E-state index contributed by atoms with van der Waals surface area (Å²) >= 11 is 0. The van der Waals surface area contributed by atoms with E-state index in [4.69, 9.17) is 10.5 Å². The summed E-state index contributed by atoms with van der Waals surface area (Å²) in [6, 6.07) is 18.0. The maximum atomic E-state index is 15.1. The zero-order valence-corrected chi connectivity index (χ0v) is 19.3. The number of hydrogen-bond donors (Lipinski definition) is 2. The first-order valence-corrected chi connectivity index (χ1v) is 11.5. The van der Waals surface area contributed by atoms with E-state index in [9.17, 15) is 10.1 Å². The van der Waals surface area contributed by atoms with Crippen molar-refractivity contribution in [3.63, 3.8) is 0 Å². The quantitative estimate of drug-likeness (QED) is 0.436. The molecule has 1 amide bonds. The van der Waals surface area contributed by atoms with E-state index in [2.05, 4.69) is 11.1 Å². The van der Waals surface area contributed by atoms with E-state index in [0.29, 0.717) is 41.1 Å². The number of ether oxygens (including phenoxy) is 1. The number of fused-ring (bicyclic) bond motifs is 1. The molecule has 1 saturated heterocycles. The summed E-state index contributed by atoms with van der Waals surface area (Å²) in [6.45, 7) is 1.26. The third-order valence-electron chi connectivity index (χ3n) is 6.67. The highest BCUT2D eigenvalue weighted by molar-refractivity contribution is 6.09. The minimum Gasteiger partial charge on any atom is -0.497 e. The number of carbonyl (C=O) groups excluding carboxylic acids is 1. The monoisotopic (exact) mass is 468 g/mol. The minimum absolute atomic E-state index is 0.0442. The van der Waals surface area contributed by atoms with Crippen LogP contribution in [0.5, 0.6) is 5.75 Å². The molecule has 3 aromatic carbocycles. The molecule has 3 N–H and O–H groups in total. The number of hydrogen-bond acceptors (Lipinski definition) is 4. The molecule has 5 rings (SSSR count). The maximum Gasteiger partial charge on any atom is 0.256 e. The number of aromatic nitrogens is 1. The fourth-order valence-corrected chi connectivity index (χ4v) is 4.65. The summed E-state index contributed by atoms with van der Waals surface area (Å²) in [5.74, 6) is -0.0235. The van der Waals surface area contributed by atoms with Gasteiger partial charge in [0.25, 0.3) is 5.91 Å². The lowest BCUT2D eigenvalue weighted by molar-refractivity contribution is 0.0717. The summed E-state index contributed by atoms with van der Waals surface area (Å²) < 4.78 is 20.3. The van der Waals surface area contributed by atoms with Gasteiger partial charge in [-0.1, -0.05) is 12.1 Å². The Labute approximate surface area is 202 Å². The van der Waals surface area contributed by atoms with Crippen molar-refractivity contribution < 1.29 is 13.9 Å². The van der Waals surface area contributed by atoms with Crippen LogP contribution in [0.3, 0.4) is 0 Å². The molecule has 0 saturated carbocycles. The number of piperidine rings is 1. The van der Waals surface area contributed by atoms with Gasteiger partial charge >= 0.3 is 0 Å². The number of aromatic amines is 1. The lowest BCUT2D eigenvalue weighted by atomic mass is 9.91. The van der Waals surface area contributed by atoms with Crippen LogP contribution in [0.2, 0.25) is 0 Å². The van der Waals surface area contributed by atoms with Crippen LogP contribution in [0.1, 0.15) is 28.8 Å². The number of H-pyrrole nitrogens is 1. The fourth-order valence-electron chi connectivity index (χ4n) is 4.65. The van der Waals surface area contributed by atoms with Crippen molar-refractivity contribution in [2.75, 3.05) is 20.2 Å². The molecule has 2 heterocycles. The van der Waals surface area contributed by atoms with Crippen LogP contribution >= 0.6 is 0 Å². The zero-order valence-electron chi connectivity index (χ0n) is 19.3. The van der Waals surface area contributed by atoms with Gasteiger partial charge in [0.05, 0.1) is 24.3 Å². The van der Waals surface area contributed by atoms with Crippen LogP contribution in [-0.2, 0) is 0 Å². The fraction of sp³-hybridized carbons (Fsp3) is 0.214. The molecular formula is C28H25FN4O2. The van der Waals surface area contributed by atoms with Gasteiger partial charge in [-0.3, -0.25) is 4.79 Å². The summed E-state index contributed by atoms with van der Waals surface area (Å²) in [6.07, 6.45) is 3.29. The molecular weight excluding hydrogens is 443 g/mol. The van der Waals surface area contributed by atoms with Gasteiger partial charge in [-0.15, -0.1) is 0 Å². The predicted octanol–water partition coefficient (Wildman–Crippen LogP) is 5.08. The second kappa shape index (κ2) is 9.24. The van der Waals surface area contributed by atoms with Crippen LogP contribution in [0.25, 0.3) is 33.2 Å². The van der Waals surface area contributed by atoms with Gasteiger partial charge in [0.2, 0.25) is 0 Å². The van der Waals surface area contributed by atoms with E-state index in [0.717, 1.165) is 34.9 Å². The van der Waals surface area contributed by atoms with E-state index in [1.807, 2.05) is 29.2 Å². The van der Waals surface area contributed by atoms with Gasteiger partial charge in [-0.25, -0.2) is 4.39 Å². The van der Waals surface area contributed by atoms with Crippen molar-refractivity contribution >= 4 is 16.8 Å². The zero-order chi connectivity index (χ0) is 24.5. The van der Waals surface area contributed by atoms with Gasteiger partial charge in [0.1, 0.15) is 11.6 Å². The van der Waals surface area contributed by atoms with E-state index >= 15 is 4.39 Å². The first-order valence-electron chi connectivity index (χ1n) is 11.5. The summed E-state index contributed by atoms with van der Waals surface area (Å²) in [5, 5.41) is 9.97. The third kappa shape index (κ3) is 4.25. The lowest BCUT2D eigenvalue weighted by Crippen LogP contribution is -2.42. The maximum absolute atomic E-state index is 15.1. The summed E-state index contributed by atoms with van der Waals surface area (Å²) in [7, 11) is 1.50. The Morgan fingerprint density at radius 3 is 2.49 bits per heavy atom. The number of methoxy groups -OCH3 is 1. The standard InChI is InChI=1S/C28H25FN4O2/c1-35-20-6-7-21(26(29)12-20)23-14-27-24(13-22(23)18-4-2-17(15-30)3-5-18)25(16-32-27)28(34)33-10-8-19(31)9-11-33/h2-7,12-14,16,19,32H,8-11,31H2,1H3. The molecule has 0 bridgehead atoms. The smallest absolute Gasteiger partial charge is 0.256 e. The number of nitrogens with two attached hydrogens (primary N) is 1. The Kier molecular flexibility index (Phi) is 5.98. The molecule has 1 aromatic heterocycles. The molecule has 0 radical (unpaired) electrons. The Balaban J connectivity index is 1.66. The van der Waals surface area contributed by atoms with Crippen LogP contribution in [-0.4, -0.2) is 42.0 Å². The van der Waals surface area contributed by atoms with Crippen LogP contribution in [0, 0.1) is 17.1 Å². The lowest BCUT2D eigenvalue weighted by Gasteiger charge is -2.30. The van der Waals surface area contributed by atoms with Crippen molar-refractivity contribution in [1.82, 2.24) is 9.88 Å². The highest BCUT2D eigenvalue weighted by atomic mass is 19.1. The Morgan fingerprint density at radius 1 is 1.09 bits per heavy atom. The van der Waals surface area contributed by atoms with E-state index in [-0.39, 0.29) is 11.9 Å². The summed E-state index contributed by atoms with van der Waals surface area (Å²) in [4.78, 5) is 18.4. The highest BCUT2D eigenvalue weighted by Crippen LogP contribution is 2.39. The van der Waals surface area contributed by atoms with Gasteiger partial charge in [-0.2, -0.15) is 5.26 Å². The summed E-state index contributed by atoms with van der Waals surface area (Å²) in [5.41, 5.74) is 10.5. The van der Waals surface area contributed by atoms with Gasteiger partial charge < -0.3 is 20.4 Å². The van der Waals surface area contributed by atoms with E-state index < -0.39 is 5.82 Å². The molecule has 0 unspecified atom stereocenters. The number of amides is 1. The molecule has 176 valence electrons. The molecule has 4 aromatic rings. The number of nitrogens with zero attached hydrogens (tertiary/aromatic N) is 2. The van der Waals surface area contributed by atoms with Crippen molar-refractivity contribution in [3.8, 4) is 34.1 Å². The molecule has 1 fully saturated rings. The number of carbonyl (C=O) groups is 1. The number of rotatable bonds is 4. The number of likely N-dealkylation sites (tertiary alicyclic amines) is 1. The average molecular weight is 469 g/mol. The molecule has 35 heavy (non-hydrogen) atoms. The van der Waals surface area contributed by atoms with E-state index in [1.54, 1.807) is 30.5 Å². The van der Waals surface area contributed by atoms with Crippen molar-refractivity contribution in [1.29, 1.82) is 5.26 Å². The number of nitriles is 1.